The molecule has 1 aliphatic heterocycles. The molecule has 0 radical (unpaired) electrons. The van der Waals surface area contributed by atoms with Crippen LogP contribution in [0.3, 0.4) is 0 Å². The monoisotopic (exact) mass is 473 g/mol. The molecule has 0 unspecified atom stereocenters. The summed E-state index contributed by atoms with van der Waals surface area (Å²) in [5, 5.41) is 0. The summed E-state index contributed by atoms with van der Waals surface area (Å²) in [5.74, 6) is 0.568. The molecule has 6 nitrogen and oxygen atoms in total. The number of thiocarbonyl (C=S) groups is 1. The normalized spacial score (nSPS) is 15.4. The summed E-state index contributed by atoms with van der Waals surface area (Å²) in [6.45, 7) is 2.51. The van der Waals surface area contributed by atoms with E-state index in [-0.39, 0.29) is 24.8 Å². The van der Waals surface area contributed by atoms with Crippen LogP contribution in [-0.4, -0.2) is 48.5 Å². The third kappa shape index (κ3) is 5.46. The van der Waals surface area contributed by atoms with Crippen LogP contribution in [0.2, 0.25) is 0 Å². The van der Waals surface area contributed by atoms with E-state index in [1.165, 1.54) is 16.7 Å². The van der Waals surface area contributed by atoms with Crippen molar-refractivity contribution in [1.29, 1.82) is 0 Å². The summed E-state index contributed by atoms with van der Waals surface area (Å²) in [5.41, 5.74) is 0.766. The Morgan fingerprint density at radius 3 is 2.70 bits per heavy atom. The summed E-state index contributed by atoms with van der Waals surface area (Å²) in [7, 11) is 3.10. The largest absolute Gasteiger partial charge is 0.493 e. The first-order valence-corrected chi connectivity index (χ1v) is 10.3. The number of carbonyl (C=O) groups excluding carboxylic acids is 2. The molecule has 0 aromatic heterocycles. The van der Waals surface area contributed by atoms with E-state index >= 15 is 0 Å². The van der Waals surface area contributed by atoms with Gasteiger partial charge < -0.3 is 14.2 Å². The number of benzene rings is 1. The van der Waals surface area contributed by atoms with Gasteiger partial charge in [-0.25, -0.2) is 0 Å². The quantitative estimate of drug-likeness (QED) is 0.321. The highest BCUT2D eigenvalue weighted by Crippen LogP contribution is 2.38. The number of thioether (sulfide) groups is 1. The first kappa shape index (κ1) is 21.7. The molecule has 27 heavy (non-hydrogen) atoms. The Kier molecular flexibility index (Phi) is 8.12. The SMILES string of the molecule is CCCOC(=O)CCN1C(=O)/C(=C/c2cc(Br)c(OC)c(OC)c2)SC1=S. The van der Waals surface area contributed by atoms with E-state index in [0.29, 0.717) is 31.8 Å². The number of ether oxygens (including phenoxy) is 3. The maximum absolute atomic E-state index is 12.6. The van der Waals surface area contributed by atoms with Gasteiger partial charge in [-0.1, -0.05) is 30.9 Å². The van der Waals surface area contributed by atoms with Crippen molar-refractivity contribution in [3.05, 3.63) is 27.1 Å². The Bertz CT molecular complexity index is 781. The molecule has 0 bridgehead atoms. The summed E-state index contributed by atoms with van der Waals surface area (Å²) >= 11 is 9.93. The van der Waals surface area contributed by atoms with Crippen LogP contribution in [0.25, 0.3) is 6.08 Å². The van der Waals surface area contributed by atoms with Gasteiger partial charge in [0, 0.05) is 6.54 Å². The molecule has 0 atom stereocenters. The Morgan fingerprint density at radius 1 is 1.33 bits per heavy atom. The van der Waals surface area contributed by atoms with Crippen LogP contribution in [0.5, 0.6) is 11.5 Å². The standard InChI is InChI=1S/C18H20BrNO5S2/c1-4-7-25-15(21)5-6-20-17(22)14(27-18(20)26)10-11-8-12(19)16(24-3)13(9-11)23-2/h8-10H,4-7H2,1-3H3/b14-10-. The molecular weight excluding hydrogens is 454 g/mol. The van der Waals surface area contributed by atoms with Gasteiger partial charge in [0.15, 0.2) is 11.5 Å². The second-order valence-electron chi connectivity index (χ2n) is 5.54. The average molecular weight is 474 g/mol. The third-order valence-corrected chi connectivity index (χ3v) is 5.60. The molecule has 1 aliphatic rings. The third-order valence-electron chi connectivity index (χ3n) is 3.63. The van der Waals surface area contributed by atoms with E-state index in [2.05, 4.69) is 15.9 Å². The maximum Gasteiger partial charge on any atom is 0.307 e. The zero-order chi connectivity index (χ0) is 20.0. The Hall–Kier alpha value is -1.58. The highest BCUT2D eigenvalue weighted by atomic mass is 79.9. The fraction of sp³-hybridized carbons (Fsp3) is 0.389. The van der Waals surface area contributed by atoms with Crippen LogP contribution < -0.4 is 9.47 Å². The van der Waals surface area contributed by atoms with Gasteiger partial charge >= 0.3 is 5.97 Å². The van der Waals surface area contributed by atoms with Crippen molar-refractivity contribution >= 4 is 62.2 Å². The van der Waals surface area contributed by atoms with E-state index in [4.69, 9.17) is 26.4 Å². The van der Waals surface area contributed by atoms with Gasteiger partial charge in [0.05, 0.1) is 36.6 Å². The number of hydrogen-bond acceptors (Lipinski definition) is 7. The van der Waals surface area contributed by atoms with Gasteiger partial charge in [-0.3, -0.25) is 14.5 Å². The van der Waals surface area contributed by atoms with Crippen molar-refractivity contribution in [3.8, 4) is 11.5 Å². The number of amides is 1. The lowest BCUT2D eigenvalue weighted by molar-refractivity contribution is -0.143. The summed E-state index contributed by atoms with van der Waals surface area (Å²) < 4.78 is 16.8. The highest BCUT2D eigenvalue weighted by Gasteiger charge is 2.32. The Morgan fingerprint density at radius 2 is 2.07 bits per heavy atom. The lowest BCUT2D eigenvalue weighted by Gasteiger charge is -2.13. The minimum Gasteiger partial charge on any atom is -0.493 e. The van der Waals surface area contributed by atoms with Crippen molar-refractivity contribution < 1.29 is 23.8 Å². The highest BCUT2D eigenvalue weighted by molar-refractivity contribution is 9.10. The molecule has 1 amide bonds. The lowest BCUT2D eigenvalue weighted by Crippen LogP contribution is -2.30. The smallest absolute Gasteiger partial charge is 0.307 e. The summed E-state index contributed by atoms with van der Waals surface area (Å²) in [6, 6.07) is 3.61. The first-order valence-electron chi connectivity index (χ1n) is 8.23. The number of rotatable bonds is 8. The molecule has 1 saturated heterocycles. The fourth-order valence-corrected chi connectivity index (χ4v) is 4.29. The van der Waals surface area contributed by atoms with Crippen LogP contribution in [0.1, 0.15) is 25.3 Å². The lowest BCUT2D eigenvalue weighted by atomic mass is 10.2. The number of methoxy groups -OCH3 is 2. The van der Waals surface area contributed by atoms with E-state index in [0.717, 1.165) is 12.0 Å². The number of hydrogen-bond donors (Lipinski definition) is 0. The molecule has 0 spiro atoms. The molecule has 0 N–H and O–H groups in total. The molecule has 1 aromatic carbocycles. The molecule has 1 aromatic rings. The van der Waals surface area contributed by atoms with Crippen LogP contribution in [0.4, 0.5) is 0 Å². The molecule has 0 saturated carbocycles. The van der Waals surface area contributed by atoms with Crippen molar-refractivity contribution in [1.82, 2.24) is 4.90 Å². The molecule has 1 fully saturated rings. The van der Waals surface area contributed by atoms with E-state index in [1.807, 2.05) is 13.0 Å². The van der Waals surface area contributed by atoms with Crippen molar-refractivity contribution in [3.63, 3.8) is 0 Å². The van der Waals surface area contributed by atoms with E-state index in [9.17, 15) is 9.59 Å². The van der Waals surface area contributed by atoms with Gasteiger partial charge in [-0.15, -0.1) is 0 Å². The van der Waals surface area contributed by atoms with Gasteiger partial charge in [-0.2, -0.15) is 0 Å². The van der Waals surface area contributed by atoms with Crippen LogP contribution in [0, 0.1) is 0 Å². The summed E-state index contributed by atoms with van der Waals surface area (Å²) in [6.07, 6.45) is 2.61. The second-order valence-corrected chi connectivity index (χ2v) is 8.07. The number of esters is 1. The number of nitrogens with zero attached hydrogens (tertiary/aromatic N) is 1. The van der Waals surface area contributed by atoms with Gasteiger partial charge in [0.1, 0.15) is 4.32 Å². The average Bonchev–Trinajstić information content (AvgIpc) is 2.90. The van der Waals surface area contributed by atoms with Crippen LogP contribution in [-0.2, 0) is 14.3 Å². The number of carbonyl (C=O) groups is 2. The molecule has 1 heterocycles. The second kappa shape index (κ2) is 10.1. The van der Waals surface area contributed by atoms with E-state index < -0.39 is 0 Å². The predicted octanol–water partition coefficient (Wildman–Crippen LogP) is 4.01. The van der Waals surface area contributed by atoms with E-state index in [1.54, 1.807) is 26.4 Å². The minimum atomic E-state index is -0.335. The topological polar surface area (TPSA) is 65.1 Å². The van der Waals surface area contributed by atoms with Crippen molar-refractivity contribution in [2.75, 3.05) is 27.4 Å². The fourth-order valence-electron chi connectivity index (χ4n) is 2.36. The minimum absolute atomic E-state index is 0.113. The van der Waals surface area contributed by atoms with Gasteiger partial charge in [0.25, 0.3) is 5.91 Å². The first-order chi connectivity index (χ1) is 12.9. The zero-order valence-corrected chi connectivity index (χ0v) is 18.5. The molecule has 9 heteroatoms. The Labute approximate surface area is 176 Å². The van der Waals surface area contributed by atoms with Gasteiger partial charge in [-0.05, 0) is 46.1 Å². The maximum atomic E-state index is 12.6. The number of halogens is 1. The molecule has 146 valence electrons. The Balaban J connectivity index is 2.14. The molecule has 0 aliphatic carbocycles. The summed E-state index contributed by atoms with van der Waals surface area (Å²) in [4.78, 5) is 26.2. The van der Waals surface area contributed by atoms with Crippen molar-refractivity contribution in [2.45, 2.75) is 19.8 Å². The zero-order valence-electron chi connectivity index (χ0n) is 15.2. The molecular formula is C18H20BrNO5S2. The van der Waals surface area contributed by atoms with Crippen LogP contribution >= 0.6 is 39.9 Å². The van der Waals surface area contributed by atoms with Crippen LogP contribution in [0.15, 0.2) is 21.5 Å². The van der Waals surface area contributed by atoms with Gasteiger partial charge in [0.2, 0.25) is 0 Å². The molecule has 2 rings (SSSR count). The predicted molar refractivity (Wildman–Crippen MR) is 113 cm³/mol. The van der Waals surface area contributed by atoms with Crippen molar-refractivity contribution in [2.24, 2.45) is 0 Å².